The summed E-state index contributed by atoms with van der Waals surface area (Å²) < 4.78 is 27.3. The van der Waals surface area contributed by atoms with Crippen LogP contribution in [0.3, 0.4) is 0 Å². The van der Waals surface area contributed by atoms with Gasteiger partial charge in [-0.3, -0.25) is 11.3 Å². The molecule has 0 saturated carbocycles. The summed E-state index contributed by atoms with van der Waals surface area (Å²) in [6.07, 6.45) is 1.65. The van der Waals surface area contributed by atoms with Crippen molar-refractivity contribution in [3.8, 4) is 5.75 Å². The Kier molecular flexibility index (Phi) is 4.72. The molecule has 1 aromatic rings. The molecule has 0 aliphatic rings. The van der Waals surface area contributed by atoms with Crippen LogP contribution in [-0.4, -0.2) is 27.5 Å². The maximum atomic E-state index is 11.1. The number of rotatable bonds is 6. The maximum Gasteiger partial charge on any atom is 0.147 e. The number of nitrogens with two attached hydrogens (primary N) is 1. The van der Waals surface area contributed by atoms with E-state index in [0.717, 1.165) is 10.6 Å². The molecule has 3 N–H and O–H groups in total. The first-order chi connectivity index (χ1) is 7.48. The first-order valence-electron chi connectivity index (χ1n) is 4.73. The number of methoxy groups -OCH3 is 1. The van der Waals surface area contributed by atoms with Gasteiger partial charge in [-0.15, -0.1) is 11.3 Å². The molecule has 1 atom stereocenters. The van der Waals surface area contributed by atoms with E-state index < -0.39 is 9.84 Å². The Morgan fingerprint density at radius 3 is 2.81 bits per heavy atom. The second-order valence-electron chi connectivity index (χ2n) is 3.49. The van der Waals surface area contributed by atoms with Crippen LogP contribution < -0.4 is 16.0 Å². The highest BCUT2D eigenvalue weighted by Crippen LogP contribution is 2.32. The number of sulfone groups is 1. The zero-order valence-electron chi connectivity index (χ0n) is 9.26. The van der Waals surface area contributed by atoms with Gasteiger partial charge >= 0.3 is 0 Å². The predicted octanol–water partition coefficient (Wildman–Crippen LogP) is 0.696. The van der Waals surface area contributed by atoms with E-state index in [1.807, 2.05) is 11.4 Å². The van der Waals surface area contributed by atoms with Gasteiger partial charge in [0.15, 0.2) is 0 Å². The van der Waals surface area contributed by atoms with Crippen molar-refractivity contribution in [3.63, 3.8) is 0 Å². The molecule has 0 amide bonds. The second-order valence-corrected chi connectivity index (χ2v) is 6.70. The van der Waals surface area contributed by atoms with Crippen LogP contribution in [-0.2, 0) is 9.84 Å². The molecule has 16 heavy (non-hydrogen) atoms. The lowest BCUT2D eigenvalue weighted by molar-refractivity contribution is 0.402. The van der Waals surface area contributed by atoms with E-state index in [-0.39, 0.29) is 11.8 Å². The third-order valence-electron chi connectivity index (χ3n) is 2.17. The summed E-state index contributed by atoms with van der Waals surface area (Å²) in [7, 11) is -1.39. The molecule has 0 fully saturated rings. The van der Waals surface area contributed by atoms with Crippen LogP contribution in [0.5, 0.6) is 5.75 Å². The topological polar surface area (TPSA) is 81.4 Å². The summed E-state index contributed by atoms with van der Waals surface area (Å²) in [6, 6.07) is 1.65. The summed E-state index contributed by atoms with van der Waals surface area (Å²) in [4.78, 5) is 0.925. The number of thiophene rings is 1. The number of hydrazine groups is 1. The molecule has 0 aromatic carbocycles. The Labute approximate surface area is 99.5 Å². The highest BCUT2D eigenvalue weighted by molar-refractivity contribution is 7.90. The summed E-state index contributed by atoms with van der Waals surface area (Å²) >= 11 is 1.50. The van der Waals surface area contributed by atoms with Crippen LogP contribution in [0.4, 0.5) is 0 Å². The third kappa shape index (κ3) is 3.75. The van der Waals surface area contributed by atoms with Gasteiger partial charge in [0, 0.05) is 6.26 Å². The van der Waals surface area contributed by atoms with Crippen molar-refractivity contribution in [1.82, 2.24) is 5.43 Å². The molecular weight excluding hydrogens is 248 g/mol. The lowest BCUT2D eigenvalue weighted by Gasteiger charge is -2.15. The van der Waals surface area contributed by atoms with Crippen LogP contribution in [0.1, 0.15) is 17.3 Å². The smallest absolute Gasteiger partial charge is 0.147 e. The van der Waals surface area contributed by atoms with Gasteiger partial charge in [-0.25, -0.2) is 8.42 Å². The van der Waals surface area contributed by atoms with Crippen molar-refractivity contribution in [3.05, 3.63) is 16.3 Å². The Morgan fingerprint density at radius 1 is 1.62 bits per heavy atom. The van der Waals surface area contributed by atoms with Gasteiger partial charge in [0.05, 0.1) is 23.8 Å². The molecule has 0 aliphatic heterocycles. The quantitative estimate of drug-likeness (QED) is 0.584. The molecule has 0 bridgehead atoms. The molecule has 0 aliphatic carbocycles. The van der Waals surface area contributed by atoms with Gasteiger partial charge in [-0.05, 0) is 17.9 Å². The SMILES string of the molecule is COc1ccsc1C(CCS(C)(=O)=O)NN. The number of ether oxygens (including phenoxy) is 1. The highest BCUT2D eigenvalue weighted by atomic mass is 32.2. The van der Waals surface area contributed by atoms with E-state index in [9.17, 15) is 8.42 Å². The minimum atomic E-state index is -2.97. The van der Waals surface area contributed by atoms with Gasteiger partial charge in [0.2, 0.25) is 0 Å². The molecule has 1 rings (SSSR count). The number of hydrogen-bond acceptors (Lipinski definition) is 6. The molecule has 1 unspecified atom stereocenters. The fourth-order valence-corrected chi connectivity index (χ4v) is 2.97. The molecular formula is C9H16N2O3S2. The molecule has 1 heterocycles. The summed E-state index contributed by atoms with van der Waals surface area (Å²) in [5.41, 5.74) is 2.62. The maximum absolute atomic E-state index is 11.1. The van der Waals surface area contributed by atoms with Crippen molar-refractivity contribution < 1.29 is 13.2 Å². The van der Waals surface area contributed by atoms with Gasteiger partial charge in [-0.2, -0.15) is 0 Å². The van der Waals surface area contributed by atoms with Crippen molar-refractivity contribution in [2.45, 2.75) is 12.5 Å². The van der Waals surface area contributed by atoms with Gasteiger partial charge < -0.3 is 4.74 Å². The van der Waals surface area contributed by atoms with Crippen molar-refractivity contribution in [2.24, 2.45) is 5.84 Å². The molecule has 1 aromatic heterocycles. The lowest BCUT2D eigenvalue weighted by atomic mass is 10.2. The Hall–Kier alpha value is -0.630. The van der Waals surface area contributed by atoms with E-state index in [4.69, 9.17) is 10.6 Å². The average molecular weight is 264 g/mol. The van der Waals surface area contributed by atoms with Crippen LogP contribution in [0.2, 0.25) is 0 Å². The van der Waals surface area contributed by atoms with Crippen molar-refractivity contribution in [1.29, 1.82) is 0 Å². The van der Waals surface area contributed by atoms with Crippen LogP contribution >= 0.6 is 11.3 Å². The first kappa shape index (κ1) is 13.4. The van der Waals surface area contributed by atoms with E-state index in [1.54, 1.807) is 7.11 Å². The Balaban J connectivity index is 2.75. The van der Waals surface area contributed by atoms with Crippen molar-refractivity contribution in [2.75, 3.05) is 19.1 Å². The summed E-state index contributed by atoms with van der Waals surface area (Å²) in [5, 5.41) is 1.89. The summed E-state index contributed by atoms with van der Waals surface area (Å²) in [6.45, 7) is 0. The standard InChI is InChI=1S/C9H16N2O3S2/c1-14-8-3-5-15-9(8)7(11-10)4-6-16(2,12)13/h3,5,7,11H,4,6,10H2,1-2H3. The minimum Gasteiger partial charge on any atom is -0.496 e. The normalized spacial score (nSPS) is 13.7. The summed E-state index contributed by atoms with van der Waals surface area (Å²) in [5.74, 6) is 6.26. The largest absolute Gasteiger partial charge is 0.496 e. The molecule has 5 nitrogen and oxygen atoms in total. The number of nitrogens with one attached hydrogen (secondary N) is 1. The van der Waals surface area contributed by atoms with E-state index in [1.165, 1.54) is 17.6 Å². The Bertz CT molecular complexity index is 428. The molecule has 0 spiro atoms. The zero-order chi connectivity index (χ0) is 12.2. The first-order valence-corrected chi connectivity index (χ1v) is 7.67. The monoisotopic (exact) mass is 264 g/mol. The fraction of sp³-hybridized carbons (Fsp3) is 0.556. The third-order valence-corrected chi connectivity index (χ3v) is 4.16. The zero-order valence-corrected chi connectivity index (χ0v) is 10.9. The van der Waals surface area contributed by atoms with E-state index >= 15 is 0 Å². The molecule has 92 valence electrons. The average Bonchev–Trinajstić information content (AvgIpc) is 2.65. The van der Waals surface area contributed by atoms with Gasteiger partial charge in [0.25, 0.3) is 0 Å². The highest BCUT2D eigenvalue weighted by Gasteiger charge is 2.18. The fourth-order valence-electron chi connectivity index (χ4n) is 1.35. The van der Waals surface area contributed by atoms with Gasteiger partial charge in [0.1, 0.15) is 15.6 Å². The Morgan fingerprint density at radius 2 is 2.31 bits per heavy atom. The molecule has 0 radical (unpaired) electrons. The van der Waals surface area contributed by atoms with Crippen LogP contribution in [0.25, 0.3) is 0 Å². The van der Waals surface area contributed by atoms with E-state index in [2.05, 4.69) is 5.43 Å². The van der Waals surface area contributed by atoms with Crippen LogP contribution in [0, 0.1) is 0 Å². The van der Waals surface area contributed by atoms with Crippen LogP contribution in [0.15, 0.2) is 11.4 Å². The lowest BCUT2D eigenvalue weighted by Crippen LogP contribution is -2.29. The van der Waals surface area contributed by atoms with Crippen molar-refractivity contribution >= 4 is 21.2 Å². The minimum absolute atomic E-state index is 0.100. The molecule has 0 saturated heterocycles. The second kappa shape index (κ2) is 5.62. The molecule has 7 heteroatoms. The van der Waals surface area contributed by atoms with Gasteiger partial charge in [-0.1, -0.05) is 0 Å². The number of hydrogen-bond donors (Lipinski definition) is 2. The predicted molar refractivity (Wildman–Crippen MR) is 65.3 cm³/mol. The van der Waals surface area contributed by atoms with E-state index in [0.29, 0.717) is 6.42 Å².